The fourth-order valence-corrected chi connectivity index (χ4v) is 10.1. The van der Waals surface area contributed by atoms with Crippen molar-refractivity contribution in [1.29, 1.82) is 0 Å². The second-order valence-electron chi connectivity index (χ2n) is 13.2. The molecule has 4 aliphatic rings. The molecule has 238 valence electrons. The van der Waals surface area contributed by atoms with Crippen LogP contribution < -0.4 is 0 Å². The van der Waals surface area contributed by atoms with Crippen LogP contribution in [0.3, 0.4) is 0 Å². The number of esters is 1. The van der Waals surface area contributed by atoms with E-state index in [4.69, 9.17) is 4.74 Å². The lowest BCUT2D eigenvalue weighted by Crippen LogP contribution is -2.71. The normalized spacial score (nSPS) is 38.5. The van der Waals surface area contributed by atoms with Crippen LogP contribution >= 0.6 is 23.5 Å². The van der Waals surface area contributed by atoms with Gasteiger partial charge < -0.3 is 14.9 Å². The Morgan fingerprint density at radius 2 is 1.58 bits per heavy atom. The minimum Gasteiger partial charge on any atom is -0.478 e. The molecule has 0 unspecified atom stereocenters. The summed E-state index contributed by atoms with van der Waals surface area (Å²) < 4.78 is 39.3. The van der Waals surface area contributed by atoms with Crippen molar-refractivity contribution < 1.29 is 38.1 Å². The van der Waals surface area contributed by atoms with E-state index >= 15 is 8.78 Å². The number of hydrogen-bond donors (Lipinski definition) is 2. The molecule has 3 fully saturated rings. The molecule has 0 spiro atoms. The number of carbonyl (C=O) groups is 3. The molecule has 0 saturated heterocycles. The molecule has 0 aromatic heterocycles. The number of carboxylic acid groups (broad SMARTS) is 1. The molecule has 6 nitrogen and oxygen atoms in total. The second kappa shape index (κ2) is 11.1. The number of aliphatic hydroxyl groups is 1. The molecule has 0 aliphatic heterocycles. The van der Waals surface area contributed by atoms with Crippen LogP contribution in [0.2, 0.25) is 0 Å². The molecule has 0 heterocycles. The highest BCUT2D eigenvalue weighted by Gasteiger charge is 2.78. The van der Waals surface area contributed by atoms with E-state index in [0.29, 0.717) is 0 Å². The van der Waals surface area contributed by atoms with Crippen molar-refractivity contribution in [2.45, 2.75) is 78.3 Å². The predicted molar refractivity (Wildman–Crippen MR) is 168 cm³/mol. The summed E-state index contributed by atoms with van der Waals surface area (Å²) in [7, 11) is 0. The quantitative estimate of drug-likeness (QED) is 0.251. The third-order valence-electron chi connectivity index (χ3n) is 11.1. The van der Waals surface area contributed by atoms with Crippen LogP contribution in [0.5, 0.6) is 0 Å². The third kappa shape index (κ3) is 4.57. The van der Waals surface area contributed by atoms with Gasteiger partial charge in [-0.15, -0.1) is 11.8 Å². The Hall–Kier alpha value is -2.95. The first-order valence-corrected chi connectivity index (χ1v) is 17.1. The highest BCUT2D eigenvalue weighted by Crippen LogP contribution is 2.71. The lowest BCUT2D eigenvalue weighted by molar-refractivity contribution is -0.229. The number of thioether (sulfide) groups is 1. The molecule has 4 aliphatic carbocycles. The number of benzene rings is 2. The molecule has 9 atom stereocenters. The van der Waals surface area contributed by atoms with Gasteiger partial charge in [-0.1, -0.05) is 31.7 Å². The average molecular weight is 655 g/mol. The molecule has 3 saturated carbocycles. The first-order chi connectivity index (χ1) is 21.2. The van der Waals surface area contributed by atoms with Crippen LogP contribution in [-0.4, -0.2) is 57.7 Å². The number of hydrogen-bond acceptors (Lipinski definition) is 7. The summed E-state index contributed by atoms with van der Waals surface area (Å²) in [6.07, 6.45) is 1.85. The van der Waals surface area contributed by atoms with Gasteiger partial charge in [0.15, 0.2) is 11.5 Å². The molecule has 45 heavy (non-hydrogen) atoms. The number of alkyl halides is 2. The van der Waals surface area contributed by atoms with E-state index in [1.807, 2.05) is 30.5 Å². The van der Waals surface area contributed by atoms with Gasteiger partial charge in [0.2, 0.25) is 5.60 Å². The van der Waals surface area contributed by atoms with Crippen molar-refractivity contribution in [2.24, 2.45) is 28.6 Å². The van der Waals surface area contributed by atoms with Crippen molar-refractivity contribution in [2.75, 3.05) is 6.26 Å². The van der Waals surface area contributed by atoms with Gasteiger partial charge in [0.25, 0.3) is 0 Å². The van der Waals surface area contributed by atoms with Gasteiger partial charge >= 0.3 is 11.9 Å². The maximum Gasteiger partial charge on any atom is 0.349 e. The lowest BCUT2D eigenvalue weighted by Gasteiger charge is -2.62. The number of allylic oxidation sites excluding steroid dienone is 4. The van der Waals surface area contributed by atoms with E-state index in [2.05, 4.69) is 0 Å². The summed E-state index contributed by atoms with van der Waals surface area (Å²) >= 11 is 3.17. The molecule has 10 heteroatoms. The standard InChI is InChI=1S/C35H36F2O6S2/c1-19-15-25-26-17-28(36)27-16-21(38)13-14-32(27,2)34(26,37)29(39)18-33(25,3)35(19,31(41)42)43-30(40)20-5-7-23(8-6-20)45-24-11-9-22(44-4)10-12-24/h5-14,16,19,25-26,28-29,39H,15,17-18H2,1-4H3,(H,41,42)/t19-,25+,26+,28+,29+,32+,33+,34+,35+/m1/s1. The number of ether oxygens (including phenoxy) is 1. The van der Waals surface area contributed by atoms with Crippen LogP contribution in [0.1, 0.15) is 50.4 Å². The number of carboxylic acids is 1. The summed E-state index contributed by atoms with van der Waals surface area (Å²) in [5, 5.41) is 22.3. The van der Waals surface area contributed by atoms with Gasteiger partial charge in [0.05, 0.1) is 11.7 Å². The zero-order valence-electron chi connectivity index (χ0n) is 25.5. The molecule has 0 bridgehead atoms. The van der Waals surface area contributed by atoms with Crippen LogP contribution in [0, 0.1) is 28.6 Å². The summed E-state index contributed by atoms with van der Waals surface area (Å²) in [6, 6.07) is 14.8. The molecule has 2 N–H and O–H groups in total. The Labute approximate surface area is 269 Å². The summed E-state index contributed by atoms with van der Waals surface area (Å²) in [5.41, 5.74) is -7.28. The van der Waals surface area contributed by atoms with Crippen LogP contribution in [-0.2, 0) is 14.3 Å². The highest BCUT2D eigenvalue weighted by molar-refractivity contribution is 7.99. The molecular formula is C35H36F2O6S2. The van der Waals surface area contributed by atoms with E-state index in [9.17, 15) is 24.6 Å². The fraction of sp³-hybridized carbons (Fsp3) is 0.457. The maximum absolute atomic E-state index is 17.5. The maximum atomic E-state index is 17.5. The number of halogens is 2. The minimum atomic E-state index is -2.36. The summed E-state index contributed by atoms with van der Waals surface area (Å²) in [6.45, 7) is 4.77. The van der Waals surface area contributed by atoms with Gasteiger partial charge in [-0.05, 0) is 105 Å². The molecule has 0 radical (unpaired) electrons. The van der Waals surface area contributed by atoms with Crippen molar-refractivity contribution in [1.82, 2.24) is 0 Å². The average Bonchev–Trinajstić information content (AvgIpc) is 3.22. The number of carbonyl (C=O) groups excluding carboxylic acids is 2. The Balaban J connectivity index is 1.30. The largest absolute Gasteiger partial charge is 0.478 e. The second-order valence-corrected chi connectivity index (χ2v) is 15.3. The first kappa shape index (κ1) is 32.0. The SMILES string of the molecule is CSc1ccc(Sc2ccc(C(=O)O[C@]3(C(=O)O)[C@H](C)C[C@H]4[C@@H]5C[C@H](F)C6=CC(=O)C=C[C@]6(C)[C@@]5(F)[C@@H](O)C[C@@]43C)cc2)cc1. The van der Waals surface area contributed by atoms with Gasteiger partial charge in [0.1, 0.15) is 6.17 Å². The highest BCUT2D eigenvalue weighted by atomic mass is 32.2. The summed E-state index contributed by atoms with van der Waals surface area (Å²) in [4.78, 5) is 42.0. The number of aliphatic carboxylic acids is 1. The molecule has 2 aromatic carbocycles. The Morgan fingerprint density at radius 1 is 0.978 bits per heavy atom. The van der Waals surface area contributed by atoms with Gasteiger partial charge in [-0.25, -0.2) is 18.4 Å². The van der Waals surface area contributed by atoms with E-state index < -0.39 is 69.9 Å². The molecule has 0 amide bonds. The molecule has 2 aromatic rings. The van der Waals surface area contributed by atoms with Crippen LogP contribution in [0.4, 0.5) is 8.78 Å². The van der Waals surface area contributed by atoms with Crippen molar-refractivity contribution >= 4 is 41.2 Å². The van der Waals surface area contributed by atoms with Gasteiger partial charge in [0, 0.05) is 37.4 Å². The third-order valence-corrected chi connectivity index (χ3v) is 12.9. The van der Waals surface area contributed by atoms with E-state index in [1.165, 1.54) is 30.8 Å². The number of rotatable bonds is 6. The zero-order valence-corrected chi connectivity index (χ0v) is 27.1. The molecule has 6 rings (SSSR count). The number of ketones is 1. The van der Waals surface area contributed by atoms with Gasteiger partial charge in [-0.2, -0.15) is 0 Å². The Morgan fingerprint density at radius 3 is 2.18 bits per heavy atom. The Kier molecular flexibility index (Phi) is 7.89. The first-order valence-electron chi connectivity index (χ1n) is 15.1. The van der Waals surface area contributed by atoms with Crippen molar-refractivity contribution in [3.63, 3.8) is 0 Å². The van der Waals surface area contributed by atoms with Crippen LogP contribution in [0.15, 0.2) is 87.0 Å². The van der Waals surface area contributed by atoms with Crippen molar-refractivity contribution in [3.8, 4) is 0 Å². The Bertz CT molecular complexity index is 1610. The lowest BCUT2D eigenvalue weighted by atomic mass is 9.44. The molecular weight excluding hydrogens is 619 g/mol. The zero-order chi connectivity index (χ0) is 32.5. The minimum absolute atomic E-state index is 0.00281. The monoisotopic (exact) mass is 654 g/mol. The van der Waals surface area contributed by atoms with Crippen LogP contribution in [0.25, 0.3) is 0 Å². The predicted octanol–water partition coefficient (Wildman–Crippen LogP) is 7.10. The number of aliphatic hydroxyl groups excluding tert-OH is 1. The van der Waals surface area contributed by atoms with E-state index in [1.54, 1.807) is 49.9 Å². The number of fused-ring (bicyclic) bond motifs is 5. The van der Waals surface area contributed by atoms with Gasteiger partial charge in [-0.3, -0.25) is 4.79 Å². The topological polar surface area (TPSA) is 101 Å². The smallest absolute Gasteiger partial charge is 0.349 e. The fourth-order valence-electron chi connectivity index (χ4n) is 8.88. The van der Waals surface area contributed by atoms with E-state index in [-0.39, 0.29) is 30.4 Å². The summed E-state index contributed by atoms with van der Waals surface area (Å²) in [5.74, 6) is -5.21. The van der Waals surface area contributed by atoms with Crippen molar-refractivity contribution in [3.05, 3.63) is 77.9 Å². The van der Waals surface area contributed by atoms with E-state index in [0.717, 1.165) is 20.8 Å².